The third kappa shape index (κ3) is 9.76. The van der Waals surface area contributed by atoms with Crippen molar-refractivity contribution in [1.29, 1.82) is 0 Å². The summed E-state index contributed by atoms with van der Waals surface area (Å²) in [7, 11) is -0.870. The van der Waals surface area contributed by atoms with Gasteiger partial charge in [-0.25, -0.2) is 0 Å². The summed E-state index contributed by atoms with van der Waals surface area (Å²) in [6, 6.07) is 22.1. The fourth-order valence-corrected chi connectivity index (χ4v) is 8.30. The van der Waals surface area contributed by atoms with Gasteiger partial charge in [0.1, 0.15) is 0 Å². The SMILES string of the molecule is CCCCSCC[P+](C)(CCc1ccccc1)CCc1ccccc1.[I-]. The molecule has 0 bridgehead atoms. The Bertz CT molecular complexity index is 530. The molecule has 0 heterocycles. The topological polar surface area (TPSA) is 0 Å². The van der Waals surface area contributed by atoms with E-state index < -0.39 is 7.26 Å². The van der Waals surface area contributed by atoms with Crippen LogP contribution in [0.4, 0.5) is 0 Å². The van der Waals surface area contributed by atoms with Gasteiger partial charge in [0, 0.05) is 32.5 Å². The van der Waals surface area contributed by atoms with Crippen LogP contribution in [0.3, 0.4) is 0 Å². The van der Waals surface area contributed by atoms with E-state index in [0.29, 0.717) is 0 Å². The van der Waals surface area contributed by atoms with E-state index in [-0.39, 0.29) is 24.0 Å². The smallest absolute Gasteiger partial charge is 0.0682 e. The van der Waals surface area contributed by atoms with Gasteiger partial charge in [-0.3, -0.25) is 0 Å². The Morgan fingerprint density at radius 3 is 1.69 bits per heavy atom. The number of unbranched alkanes of at least 4 members (excludes halogenated alkanes) is 1. The van der Waals surface area contributed by atoms with Gasteiger partial charge in [0.25, 0.3) is 0 Å². The van der Waals surface area contributed by atoms with Crippen LogP contribution in [0.1, 0.15) is 30.9 Å². The Kier molecular flexibility index (Phi) is 12.9. The van der Waals surface area contributed by atoms with Crippen LogP contribution in [0, 0.1) is 0 Å². The molecule has 0 aliphatic carbocycles. The van der Waals surface area contributed by atoms with Crippen molar-refractivity contribution in [3.8, 4) is 0 Å². The minimum atomic E-state index is -0.870. The maximum atomic E-state index is 2.62. The zero-order valence-electron chi connectivity index (χ0n) is 16.4. The van der Waals surface area contributed by atoms with E-state index in [1.165, 1.54) is 66.8 Å². The minimum absolute atomic E-state index is 0. The molecule has 2 aromatic carbocycles. The lowest BCUT2D eigenvalue weighted by Crippen LogP contribution is -3.00. The number of thioether (sulfide) groups is 1. The number of rotatable bonds is 12. The van der Waals surface area contributed by atoms with Gasteiger partial charge in [-0.15, -0.1) is 0 Å². The van der Waals surface area contributed by atoms with E-state index in [4.69, 9.17) is 0 Å². The Balaban J connectivity index is 0.00000338. The van der Waals surface area contributed by atoms with E-state index in [1.54, 1.807) is 0 Å². The molecule has 0 aromatic heterocycles. The molecule has 0 unspecified atom stereocenters. The molecule has 0 fully saturated rings. The Labute approximate surface area is 183 Å². The number of halogens is 1. The molecule has 0 saturated heterocycles. The van der Waals surface area contributed by atoms with Crippen LogP contribution in [0.15, 0.2) is 60.7 Å². The quantitative estimate of drug-likeness (QED) is 0.244. The Morgan fingerprint density at radius 2 is 1.23 bits per heavy atom. The normalized spacial score (nSPS) is 11.2. The van der Waals surface area contributed by atoms with Crippen LogP contribution in [-0.4, -0.2) is 36.7 Å². The second-order valence-corrected chi connectivity index (χ2v) is 13.0. The molecule has 0 aliphatic heterocycles. The molecule has 2 rings (SSSR count). The van der Waals surface area contributed by atoms with Crippen molar-refractivity contribution in [2.45, 2.75) is 32.6 Å². The largest absolute Gasteiger partial charge is 1.00 e. The number of aryl methyl sites for hydroxylation is 2. The van der Waals surface area contributed by atoms with Crippen LogP contribution in [0.25, 0.3) is 0 Å². The van der Waals surface area contributed by atoms with Crippen molar-refractivity contribution in [2.75, 3.05) is 36.7 Å². The second kappa shape index (κ2) is 14.0. The van der Waals surface area contributed by atoms with E-state index in [0.717, 1.165) is 0 Å². The first-order valence-corrected chi connectivity index (χ1v) is 13.7. The average Bonchev–Trinajstić information content (AvgIpc) is 2.67. The van der Waals surface area contributed by atoms with Crippen molar-refractivity contribution >= 4 is 19.0 Å². The van der Waals surface area contributed by atoms with E-state index >= 15 is 0 Å². The van der Waals surface area contributed by atoms with Crippen LogP contribution in [0.2, 0.25) is 0 Å². The van der Waals surface area contributed by atoms with Gasteiger partial charge in [-0.05, 0) is 23.3 Å². The minimum Gasteiger partial charge on any atom is -1.00 e. The predicted octanol–water partition coefficient (Wildman–Crippen LogP) is 3.66. The maximum absolute atomic E-state index is 2.62. The summed E-state index contributed by atoms with van der Waals surface area (Å²) in [5, 5.41) is 0. The summed E-state index contributed by atoms with van der Waals surface area (Å²) in [5.41, 5.74) is 3.01. The molecule has 144 valence electrons. The summed E-state index contributed by atoms with van der Waals surface area (Å²) in [6.45, 7) is 4.91. The Morgan fingerprint density at radius 1 is 0.731 bits per heavy atom. The summed E-state index contributed by atoms with van der Waals surface area (Å²) in [6.07, 6.45) is 9.44. The van der Waals surface area contributed by atoms with Crippen molar-refractivity contribution < 1.29 is 24.0 Å². The van der Waals surface area contributed by atoms with Crippen LogP contribution >= 0.6 is 19.0 Å². The summed E-state index contributed by atoms with van der Waals surface area (Å²) in [4.78, 5) is 0. The van der Waals surface area contributed by atoms with E-state index in [2.05, 4.69) is 86.0 Å². The van der Waals surface area contributed by atoms with Crippen molar-refractivity contribution in [3.63, 3.8) is 0 Å². The van der Waals surface area contributed by atoms with Crippen LogP contribution < -0.4 is 24.0 Å². The molecule has 0 N–H and O–H groups in total. The molecule has 3 heteroatoms. The predicted molar refractivity (Wildman–Crippen MR) is 120 cm³/mol. The number of hydrogen-bond donors (Lipinski definition) is 0. The first kappa shape index (κ1) is 24.0. The van der Waals surface area contributed by atoms with Gasteiger partial charge in [0.05, 0.1) is 18.5 Å². The lowest BCUT2D eigenvalue weighted by Gasteiger charge is -2.23. The average molecular weight is 500 g/mol. The maximum Gasteiger partial charge on any atom is 0.0682 e. The highest BCUT2D eigenvalue weighted by Crippen LogP contribution is 2.56. The standard InChI is InChI=1S/C23H34PS.HI/c1-3-4-20-25-21-19-24(2,17-15-22-11-7-5-8-12-22)18-16-23-13-9-6-10-14-23;/h5-14H,3-4,15-21H2,1-2H3;1H/q+1;/p-1. The fraction of sp³-hybridized carbons (Fsp3) is 0.478. The number of hydrogen-bond acceptors (Lipinski definition) is 1. The first-order chi connectivity index (χ1) is 12.2. The van der Waals surface area contributed by atoms with Gasteiger partial charge < -0.3 is 24.0 Å². The van der Waals surface area contributed by atoms with Gasteiger partial charge in [-0.1, -0.05) is 74.0 Å². The van der Waals surface area contributed by atoms with Crippen LogP contribution in [-0.2, 0) is 12.8 Å². The number of benzene rings is 2. The van der Waals surface area contributed by atoms with E-state index in [1.807, 2.05) is 0 Å². The lowest BCUT2D eigenvalue weighted by molar-refractivity contribution is -0.00000526. The van der Waals surface area contributed by atoms with Gasteiger partial charge in [0.15, 0.2) is 0 Å². The summed E-state index contributed by atoms with van der Waals surface area (Å²) in [5.74, 6) is 2.70. The third-order valence-electron chi connectivity index (χ3n) is 4.98. The van der Waals surface area contributed by atoms with Crippen LogP contribution in [0.5, 0.6) is 0 Å². The van der Waals surface area contributed by atoms with Gasteiger partial charge in [-0.2, -0.15) is 11.8 Å². The zero-order valence-corrected chi connectivity index (χ0v) is 20.2. The molecule has 0 spiro atoms. The first-order valence-electron chi connectivity index (χ1n) is 9.71. The van der Waals surface area contributed by atoms with Crippen molar-refractivity contribution in [3.05, 3.63) is 71.8 Å². The summed E-state index contributed by atoms with van der Waals surface area (Å²) < 4.78 is 0. The second-order valence-electron chi connectivity index (χ2n) is 7.23. The zero-order chi connectivity index (χ0) is 17.8. The molecule has 0 saturated carbocycles. The van der Waals surface area contributed by atoms with Gasteiger partial charge >= 0.3 is 0 Å². The van der Waals surface area contributed by atoms with Crippen molar-refractivity contribution in [2.24, 2.45) is 0 Å². The van der Waals surface area contributed by atoms with E-state index in [9.17, 15) is 0 Å². The molecule has 0 radical (unpaired) electrons. The van der Waals surface area contributed by atoms with Gasteiger partial charge in [0.2, 0.25) is 0 Å². The Hall–Kier alpha value is -0.0500. The fourth-order valence-electron chi connectivity index (χ4n) is 3.06. The lowest BCUT2D eigenvalue weighted by atomic mass is 10.2. The molecular formula is C23H34IPS. The molecule has 0 atom stereocenters. The summed E-state index contributed by atoms with van der Waals surface area (Å²) >= 11 is 2.18. The molecule has 2 aromatic rings. The highest BCUT2D eigenvalue weighted by Gasteiger charge is 2.30. The highest BCUT2D eigenvalue weighted by atomic mass is 127. The molecular weight excluding hydrogens is 466 g/mol. The monoisotopic (exact) mass is 500 g/mol. The molecule has 0 amide bonds. The molecule has 0 nitrogen and oxygen atoms in total. The van der Waals surface area contributed by atoms with Crippen molar-refractivity contribution in [1.82, 2.24) is 0 Å². The highest BCUT2D eigenvalue weighted by molar-refractivity contribution is 7.99. The molecule has 0 aliphatic rings. The third-order valence-corrected chi connectivity index (χ3v) is 10.3. The molecule has 26 heavy (non-hydrogen) atoms.